The first-order chi connectivity index (χ1) is 7.79. The molecule has 0 spiro atoms. The lowest BCUT2D eigenvalue weighted by Crippen LogP contribution is -2.52. The zero-order valence-electron chi connectivity index (χ0n) is 10.3. The summed E-state index contributed by atoms with van der Waals surface area (Å²) in [5, 5.41) is 9.79. The molecule has 0 aromatic rings. The molecule has 0 aromatic carbocycles. The van der Waals surface area contributed by atoms with Gasteiger partial charge in [0.1, 0.15) is 0 Å². The van der Waals surface area contributed by atoms with Gasteiger partial charge in [-0.15, -0.1) is 0 Å². The molecule has 2 heterocycles. The van der Waals surface area contributed by atoms with Crippen LogP contribution in [-0.4, -0.2) is 73.0 Å². The highest BCUT2D eigenvalue weighted by atomic mass is 16.5. The van der Waals surface area contributed by atoms with Crippen molar-refractivity contribution >= 4 is 0 Å². The number of nitrogens with zero attached hydrogens (tertiary/aromatic N) is 2. The van der Waals surface area contributed by atoms with Crippen molar-refractivity contribution in [3.63, 3.8) is 0 Å². The first-order valence-corrected chi connectivity index (χ1v) is 6.51. The highest BCUT2D eigenvalue weighted by molar-refractivity contribution is 4.87. The van der Waals surface area contributed by atoms with Gasteiger partial charge in [-0.25, -0.2) is 0 Å². The first-order valence-electron chi connectivity index (χ1n) is 6.51. The number of aliphatic hydroxyl groups is 1. The molecule has 2 aliphatic heterocycles. The van der Waals surface area contributed by atoms with Gasteiger partial charge >= 0.3 is 0 Å². The van der Waals surface area contributed by atoms with Crippen molar-refractivity contribution in [2.75, 3.05) is 45.9 Å². The molecule has 2 unspecified atom stereocenters. The number of ether oxygens (including phenoxy) is 1. The number of β-amino-alcohol motifs (C(OH)–C–C–N with tert-alkyl or cyclic N) is 1. The minimum absolute atomic E-state index is 0.326. The predicted octanol–water partition coefficient (Wildman–Crippen LogP) is 0.164. The molecule has 94 valence electrons. The van der Waals surface area contributed by atoms with Gasteiger partial charge in [-0.3, -0.25) is 9.80 Å². The van der Waals surface area contributed by atoms with E-state index in [-0.39, 0.29) is 6.10 Å². The van der Waals surface area contributed by atoms with E-state index in [1.807, 2.05) is 6.92 Å². The van der Waals surface area contributed by atoms with Crippen LogP contribution in [0, 0.1) is 0 Å². The van der Waals surface area contributed by atoms with Crippen molar-refractivity contribution in [3.05, 3.63) is 0 Å². The van der Waals surface area contributed by atoms with Gasteiger partial charge < -0.3 is 9.84 Å². The smallest absolute Gasteiger partial charge is 0.0900 e. The summed E-state index contributed by atoms with van der Waals surface area (Å²) in [7, 11) is 0. The molecule has 2 saturated heterocycles. The third-order valence-corrected chi connectivity index (χ3v) is 3.65. The molecule has 1 N–H and O–H groups in total. The van der Waals surface area contributed by atoms with Crippen molar-refractivity contribution in [2.45, 2.75) is 31.9 Å². The Bertz CT molecular complexity index is 213. The molecule has 0 amide bonds. The van der Waals surface area contributed by atoms with Gasteiger partial charge in [0.25, 0.3) is 0 Å². The summed E-state index contributed by atoms with van der Waals surface area (Å²) in [6, 6.07) is 0.744. The van der Waals surface area contributed by atoms with E-state index >= 15 is 0 Å². The molecule has 2 rings (SSSR count). The second-order valence-corrected chi connectivity index (χ2v) is 4.90. The first kappa shape index (κ1) is 12.3. The number of aliphatic hydroxyl groups excluding tert-OH is 1. The molecule has 0 radical (unpaired) electrons. The fraction of sp³-hybridized carbons (Fsp3) is 1.00. The molecule has 0 saturated carbocycles. The number of rotatable bonds is 5. The monoisotopic (exact) mass is 228 g/mol. The molecule has 0 aromatic heterocycles. The Balaban J connectivity index is 1.70. The number of hydrogen-bond donors (Lipinski definition) is 1. The summed E-state index contributed by atoms with van der Waals surface area (Å²) in [5.41, 5.74) is 0. The predicted molar refractivity (Wildman–Crippen MR) is 63.5 cm³/mol. The third kappa shape index (κ3) is 3.17. The topological polar surface area (TPSA) is 35.9 Å². The lowest BCUT2D eigenvalue weighted by molar-refractivity contribution is 0.00532. The maximum Gasteiger partial charge on any atom is 0.0900 e. The quantitative estimate of drug-likeness (QED) is 0.727. The number of fused-ring (bicyclic) bond motifs is 1. The van der Waals surface area contributed by atoms with E-state index in [4.69, 9.17) is 4.74 Å². The Kier molecular flexibility index (Phi) is 4.58. The maximum atomic E-state index is 9.79. The Hall–Kier alpha value is -0.160. The average Bonchev–Trinajstić information content (AvgIpc) is 2.73. The van der Waals surface area contributed by atoms with Crippen molar-refractivity contribution in [1.29, 1.82) is 0 Å². The summed E-state index contributed by atoms with van der Waals surface area (Å²) in [5.74, 6) is 0. The van der Waals surface area contributed by atoms with Crippen LogP contribution >= 0.6 is 0 Å². The zero-order chi connectivity index (χ0) is 11.4. The van der Waals surface area contributed by atoms with Crippen molar-refractivity contribution in [2.24, 2.45) is 0 Å². The second-order valence-electron chi connectivity index (χ2n) is 4.90. The third-order valence-electron chi connectivity index (χ3n) is 3.65. The van der Waals surface area contributed by atoms with Crippen LogP contribution in [0.4, 0.5) is 0 Å². The van der Waals surface area contributed by atoms with Crippen molar-refractivity contribution in [1.82, 2.24) is 9.80 Å². The van der Waals surface area contributed by atoms with E-state index < -0.39 is 0 Å². The molecule has 2 atom stereocenters. The van der Waals surface area contributed by atoms with Gasteiger partial charge in [0.15, 0.2) is 0 Å². The molecular weight excluding hydrogens is 204 g/mol. The van der Waals surface area contributed by atoms with Crippen LogP contribution in [0.25, 0.3) is 0 Å². The molecule has 16 heavy (non-hydrogen) atoms. The molecule has 4 nitrogen and oxygen atoms in total. The summed E-state index contributed by atoms with van der Waals surface area (Å²) in [4.78, 5) is 4.97. The average molecular weight is 228 g/mol. The molecule has 4 heteroatoms. The lowest BCUT2D eigenvalue weighted by Gasteiger charge is -2.38. The molecule has 2 fully saturated rings. The van der Waals surface area contributed by atoms with Crippen LogP contribution in [0.1, 0.15) is 19.8 Å². The largest absolute Gasteiger partial charge is 0.389 e. The number of hydrogen-bond acceptors (Lipinski definition) is 4. The minimum Gasteiger partial charge on any atom is -0.389 e. The molecule has 0 aliphatic carbocycles. The van der Waals surface area contributed by atoms with Crippen LogP contribution in [0.15, 0.2) is 0 Å². The summed E-state index contributed by atoms with van der Waals surface area (Å²) in [6.45, 7) is 8.57. The molecular formula is C12H24N2O2. The van der Waals surface area contributed by atoms with Crippen LogP contribution in [0.2, 0.25) is 0 Å². The summed E-state index contributed by atoms with van der Waals surface area (Å²) >= 11 is 0. The normalized spacial score (nSPS) is 29.2. The van der Waals surface area contributed by atoms with E-state index in [1.54, 1.807) is 0 Å². The Morgan fingerprint density at radius 2 is 2.25 bits per heavy atom. The Morgan fingerprint density at radius 3 is 3.06 bits per heavy atom. The van der Waals surface area contributed by atoms with Gasteiger partial charge in [0.2, 0.25) is 0 Å². The van der Waals surface area contributed by atoms with Crippen LogP contribution in [0.5, 0.6) is 0 Å². The second kappa shape index (κ2) is 5.96. The Morgan fingerprint density at radius 1 is 1.38 bits per heavy atom. The molecule has 0 bridgehead atoms. The Labute approximate surface area is 98.2 Å². The van der Waals surface area contributed by atoms with Gasteiger partial charge in [-0.2, -0.15) is 0 Å². The highest BCUT2D eigenvalue weighted by Crippen LogP contribution is 2.21. The van der Waals surface area contributed by atoms with Gasteiger partial charge in [-0.1, -0.05) is 0 Å². The fourth-order valence-corrected chi connectivity index (χ4v) is 2.83. The zero-order valence-corrected chi connectivity index (χ0v) is 10.3. The number of piperazine rings is 1. The maximum absolute atomic E-state index is 9.79. The van der Waals surface area contributed by atoms with Crippen LogP contribution in [-0.2, 0) is 4.74 Å². The van der Waals surface area contributed by atoms with Crippen molar-refractivity contribution < 1.29 is 9.84 Å². The van der Waals surface area contributed by atoms with Gasteiger partial charge in [0, 0.05) is 38.8 Å². The van der Waals surface area contributed by atoms with E-state index in [1.165, 1.54) is 25.9 Å². The standard InChI is InChI=1S/C12H24N2O2/c1-2-16-10-12(15)9-13-6-7-14-5-3-4-11(14)8-13/h11-12,15H,2-10H2,1H3. The van der Waals surface area contributed by atoms with Gasteiger partial charge in [0.05, 0.1) is 12.7 Å². The molecule has 2 aliphatic rings. The van der Waals surface area contributed by atoms with E-state index in [9.17, 15) is 5.11 Å². The fourth-order valence-electron chi connectivity index (χ4n) is 2.83. The van der Waals surface area contributed by atoms with Crippen LogP contribution in [0.3, 0.4) is 0 Å². The lowest BCUT2D eigenvalue weighted by atomic mass is 10.1. The highest BCUT2D eigenvalue weighted by Gasteiger charge is 2.30. The van der Waals surface area contributed by atoms with Gasteiger partial charge in [-0.05, 0) is 26.3 Å². The van der Waals surface area contributed by atoms with E-state index in [0.717, 1.165) is 25.7 Å². The van der Waals surface area contributed by atoms with E-state index in [2.05, 4.69) is 9.80 Å². The summed E-state index contributed by atoms with van der Waals surface area (Å²) in [6.07, 6.45) is 2.35. The van der Waals surface area contributed by atoms with Crippen molar-refractivity contribution in [3.8, 4) is 0 Å². The van der Waals surface area contributed by atoms with E-state index in [0.29, 0.717) is 13.2 Å². The summed E-state index contributed by atoms with van der Waals surface area (Å²) < 4.78 is 5.24. The minimum atomic E-state index is -0.326. The SMILES string of the molecule is CCOCC(O)CN1CCN2CCCC2C1. The van der Waals surface area contributed by atoms with Crippen LogP contribution < -0.4 is 0 Å².